The van der Waals surface area contributed by atoms with Crippen molar-refractivity contribution < 1.29 is 4.79 Å². The quantitative estimate of drug-likeness (QED) is 0.921. The normalized spacial score (nSPS) is 20.2. The Morgan fingerprint density at radius 3 is 2.50 bits per heavy atom. The highest BCUT2D eigenvalue weighted by molar-refractivity contribution is 5.99. The van der Waals surface area contributed by atoms with Crippen LogP contribution in [0.4, 0.5) is 5.95 Å². The van der Waals surface area contributed by atoms with Crippen molar-refractivity contribution >= 4 is 11.7 Å². The lowest BCUT2D eigenvalue weighted by atomic mass is 9.88. The van der Waals surface area contributed by atoms with Gasteiger partial charge in [0.1, 0.15) is 6.04 Å². The van der Waals surface area contributed by atoms with Gasteiger partial charge in [-0.2, -0.15) is 0 Å². The first-order valence-corrected chi connectivity index (χ1v) is 8.33. The zero-order valence-corrected chi connectivity index (χ0v) is 13.9. The molecule has 0 bridgehead atoms. The van der Waals surface area contributed by atoms with Crippen LogP contribution in [0.1, 0.15) is 42.3 Å². The van der Waals surface area contributed by atoms with Crippen molar-refractivity contribution in [2.24, 2.45) is 0 Å². The number of allylic oxidation sites excluding steroid dienone is 1. The molecule has 1 aliphatic carbocycles. The predicted octanol–water partition coefficient (Wildman–Crippen LogP) is 3.17. The average molecular weight is 320 g/mol. The minimum atomic E-state index is -0.171. The average Bonchev–Trinajstić information content (AvgIpc) is 2.96. The number of anilines is 1. The lowest BCUT2D eigenvalue weighted by Crippen LogP contribution is -2.36. The molecule has 0 saturated heterocycles. The first-order valence-electron chi connectivity index (χ1n) is 8.33. The molecule has 0 fully saturated rings. The Labute approximate surface area is 141 Å². The molecule has 0 radical (unpaired) electrons. The molecule has 0 unspecified atom stereocenters. The van der Waals surface area contributed by atoms with E-state index in [4.69, 9.17) is 0 Å². The first-order chi connectivity index (χ1) is 11.6. The number of hydrazine groups is 1. The molecule has 0 amide bonds. The minimum absolute atomic E-state index is 0.171. The van der Waals surface area contributed by atoms with E-state index in [1.54, 1.807) is 0 Å². The Bertz CT molecular complexity index is 808. The number of aryl methyl sites for hydroxylation is 2. The number of carbonyl (C=O) groups excluding carboxylic acids is 1. The summed E-state index contributed by atoms with van der Waals surface area (Å²) < 4.78 is 0. The van der Waals surface area contributed by atoms with E-state index in [1.807, 2.05) is 43.1 Å². The van der Waals surface area contributed by atoms with Crippen LogP contribution in [0.25, 0.3) is 0 Å². The zero-order chi connectivity index (χ0) is 16.7. The number of nitrogens with one attached hydrogen (secondary N) is 1. The summed E-state index contributed by atoms with van der Waals surface area (Å²) in [6.07, 6.45) is 2.41. The number of rotatable bonds is 2. The van der Waals surface area contributed by atoms with E-state index in [0.717, 1.165) is 41.1 Å². The van der Waals surface area contributed by atoms with Crippen molar-refractivity contribution in [3.63, 3.8) is 0 Å². The second-order valence-corrected chi connectivity index (χ2v) is 6.41. The molecule has 1 aromatic carbocycles. The zero-order valence-electron chi connectivity index (χ0n) is 13.9. The van der Waals surface area contributed by atoms with Gasteiger partial charge in [-0.25, -0.2) is 15.0 Å². The second kappa shape index (κ2) is 5.74. The predicted molar refractivity (Wildman–Crippen MR) is 92.2 cm³/mol. The third kappa shape index (κ3) is 2.46. The van der Waals surface area contributed by atoms with Gasteiger partial charge in [0.05, 0.1) is 0 Å². The SMILES string of the molecule is Cc1cc(C)nc(N2NC3=C(C(=O)CCC3)[C@H]2c2ccccc2)n1. The van der Waals surface area contributed by atoms with Gasteiger partial charge in [-0.1, -0.05) is 30.3 Å². The molecule has 122 valence electrons. The highest BCUT2D eigenvalue weighted by Crippen LogP contribution is 2.40. The van der Waals surface area contributed by atoms with E-state index in [2.05, 4.69) is 27.5 Å². The van der Waals surface area contributed by atoms with Crippen molar-refractivity contribution in [2.45, 2.75) is 39.2 Å². The third-order valence-electron chi connectivity index (χ3n) is 4.54. The van der Waals surface area contributed by atoms with Gasteiger partial charge in [0, 0.05) is 29.1 Å². The summed E-state index contributed by atoms with van der Waals surface area (Å²) in [6, 6.07) is 11.9. The van der Waals surface area contributed by atoms with Crippen LogP contribution >= 0.6 is 0 Å². The van der Waals surface area contributed by atoms with E-state index in [0.29, 0.717) is 12.4 Å². The van der Waals surface area contributed by atoms with Gasteiger partial charge < -0.3 is 0 Å². The molecule has 2 heterocycles. The van der Waals surface area contributed by atoms with Gasteiger partial charge in [-0.05, 0) is 38.3 Å². The van der Waals surface area contributed by atoms with Crippen LogP contribution in [0.3, 0.4) is 0 Å². The number of carbonyl (C=O) groups is 1. The number of Topliss-reactive ketones (excluding diaryl/α,β-unsaturated/α-hetero) is 1. The molecular weight excluding hydrogens is 300 g/mol. The van der Waals surface area contributed by atoms with Crippen LogP contribution in [-0.4, -0.2) is 15.8 Å². The summed E-state index contributed by atoms with van der Waals surface area (Å²) in [5.74, 6) is 0.841. The highest BCUT2D eigenvalue weighted by atomic mass is 16.1. The van der Waals surface area contributed by atoms with Gasteiger partial charge in [-0.3, -0.25) is 10.2 Å². The Morgan fingerprint density at radius 1 is 1.08 bits per heavy atom. The maximum atomic E-state index is 12.6. The number of hydrogen-bond acceptors (Lipinski definition) is 5. The standard InChI is InChI=1S/C19H20N4O/c1-12-11-13(2)21-19(20-12)23-18(14-7-4-3-5-8-14)17-15(22-23)9-6-10-16(17)24/h3-5,7-8,11,18,22H,6,9-10H2,1-2H3/t18-/m1/s1. The number of aromatic nitrogens is 2. The van der Waals surface area contributed by atoms with Crippen LogP contribution in [0.15, 0.2) is 47.7 Å². The molecule has 24 heavy (non-hydrogen) atoms. The molecule has 2 aromatic rings. The maximum Gasteiger partial charge on any atom is 0.245 e. The molecule has 1 aromatic heterocycles. The van der Waals surface area contributed by atoms with Crippen molar-refractivity contribution in [3.8, 4) is 0 Å². The number of nitrogens with zero attached hydrogens (tertiary/aromatic N) is 3. The van der Waals surface area contributed by atoms with E-state index >= 15 is 0 Å². The van der Waals surface area contributed by atoms with Crippen LogP contribution in [0, 0.1) is 13.8 Å². The largest absolute Gasteiger partial charge is 0.299 e. The van der Waals surface area contributed by atoms with Gasteiger partial charge in [0.2, 0.25) is 5.95 Å². The molecule has 1 N–H and O–H groups in total. The monoisotopic (exact) mass is 320 g/mol. The van der Waals surface area contributed by atoms with E-state index in [-0.39, 0.29) is 11.8 Å². The molecule has 5 heteroatoms. The van der Waals surface area contributed by atoms with Crippen LogP contribution in [0.5, 0.6) is 0 Å². The molecule has 0 saturated carbocycles. The van der Waals surface area contributed by atoms with Crippen molar-refractivity contribution in [1.29, 1.82) is 0 Å². The van der Waals surface area contributed by atoms with Gasteiger partial charge in [0.15, 0.2) is 5.78 Å². The minimum Gasteiger partial charge on any atom is -0.299 e. The van der Waals surface area contributed by atoms with Crippen LogP contribution in [0.2, 0.25) is 0 Å². The van der Waals surface area contributed by atoms with Gasteiger partial charge in [0.25, 0.3) is 0 Å². The Morgan fingerprint density at radius 2 is 1.79 bits per heavy atom. The van der Waals surface area contributed by atoms with E-state index in [9.17, 15) is 4.79 Å². The summed E-state index contributed by atoms with van der Waals surface area (Å²) in [5.41, 5.74) is 8.21. The smallest absolute Gasteiger partial charge is 0.245 e. The molecule has 1 aliphatic heterocycles. The second-order valence-electron chi connectivity index (χ2n) is 6.41. The van der Waals surface area contributed by atoms with Crippen molar-refractivity contribution in [1.82, 2.24) is 15.4 Å². The summed E-state index contributed by atoms with van der Waals surface area (Å²) in [5, 5.41) is 1.95. The summed E-state index contributed by atoms with van der Waals surface area (Å²) in [7, 11) is 0. The highest BCUT2D eigenvalue weighted by Gasteiger charge is 2.40. The Kier molecular flexibility index (Phi) is 3.56. The molecule has 5 nitrogen and oxygen atoms in total. The van der Waals surface area contributed by atoms with Gasteiger partial charge >= 0.3 is 0 Å². The van der Waals surface area contributed by atoms with Crippen LogP contribution < -0.4 is 10.4 Å². The molecule has 1 atom stereocenters. The fourth-order valence-corrected chi connectivity index (χ4v) is 3.57. The molecular formula is C19H20N4O. The molecule has 0 spiro atoms. The maximum absolute atomic E-state index is 12.6. The number of ketones is 1. The van der Waals surface area contributed by atoms with Crippen LogP contribution in [-0.2, 0) is 4.79 Å². The molecule has 2 aliphatic rings. The third-order valence-corrected chi connectivity index (χ3v) is 4.54. The summed E-state index contributed by atoms with van der Waals surface area (Å²) in [4.78, 5) is 21.8. The van der Waals surface area contributed by atoms with E-state index < -0.39 is 0 Å². The number of hydrogen-bond donors (Lipinski definition) is 1. The summed E-state index contributed by atoms with van der Waals surface area (Å²) >= 11 is 0. The lowest BCUT2D eigenvalue weighted by molar-refractivity contribution is -0.116. The fraction of sp³-hybridized carbons (Fsp3) is 0.316. The summed E-state index contributed by atoms with van der Waals surface area (Å²) in [6.45, 7) is 3.93. The van der Waals surface area contributed by atoms with E-state index in [1.165, 1.54) is 0 Å². The first kappa shape index (κ1) is 14.9. The molecule has 4 rings (SSSR count). The number of benzene rings is 1. The van der Waals surface area contributed by atoms with Crippen molar-refractivity contribution in [2.75, 3.05) is 5.01 Å². The fourth-order valence-electron chi connectivity index (χ4n) is 3.57. The van der Waals surface area contributed by atoms with Gasteiger partial charge in [-0.15, -0.1) is 0 Å². The lowest BCUT2D eigenvalue weighted by Gasteiger charge is -2.27. The Hall–Kier alpha value is -2.69. The van der Waals surface area contributed by atoms with Crippen molar-refractivity contribution in [3.05, 3.63) is 64.6 Å². The Balaban J connectivity index is 1.84. The topological polar surface area (TPSA) is 58.1 Å².